The number of fused-ring (bicyclic) bond motifs is 1. The van der Waals surface area contributed by atoms with Gasteiger partial charge in [-0.15, -0.1) is 6.58 Å². The van der Waals surface area contributed by atoms with Gasteiger partial charge in [0.2, 0.25) is 0 Å². The summed E-state index contributed by atoms with van der Waals surface area (Å²) in [4.78, 5) is 17.2. The highest BCUT2D eigenvalue weighted by atomic mass is 35.5. The number of halogens is 4. The highest BCUT2D eigenvalue weighted by molar-refractivity contribution is 7.16. The molecule has 0 radical (unpaired) electrons. The molecule has 3 aromatic rings. The molecule has 0 atom stereocenters. The van der Waals surface area contributed by atoms with Gasteiger partial charge in [-0.3, -0.25) is 4.79 Å². The summed E-state index contributed by atoms with van der Waals surface area (Å²) in [6.45, 7) is 4.19. The number of allylic oxidation sites excluding steroid dienone is 1. The molecule has 128 valence electrons. The lowest BCUT2D eigenvalue weighted by Gasteiger charge is -2.03. The Balaban J connectivity index is 2.21. The molecule has 1 aromatic heterocycles. The lowest BCUT2D eigenvalue weighted by molar-refractivity contribution is 0.0998. The number of nitrogens with zero attached hydrogens (tertiary/aromatic N) is 2. The summed E-state index contributed by atoms with van der Waals surface area (Å²) in [5.74, 6) is -0.448. The van der Waals surface area contributed by atoms with E-state index >= 15 is 0 Å². The van der Waals surface area contributed by atoms with Crippen LogP contribution >= 0.6 is 57.7 Å². The van der Waals surface area contributed by atoms with Crippen molar-refractivity contribution in [3.05, 3.63) is 73.4 Å². The molecule has 3 nitrogen and oxygen atoms in total. The Bertz CT molecular complexity index is 1050. The predicted octanol–water partition coefficient (Wildman–Crippen LogP) is 6.24. The average Bonchev–Trinajstić information content (AvgIpc) is 2.84. The van der Waals surface area contributed by atoms with E-state index in [9.17, 15) is 4.79 Å². The summed E-state index contributed by atoms with van der Waals surface area (Å²) in [5, 5.41) is 1.75. The van der Waals surface area contributed by atoms with Crippen LogP contribution in [-0.4, -0.2) is 10.5 Å². The molecule has 0 bridgehead atoms. The van der Waals surface area contributed by atoms with Crippen LogP contribution in [0.5, 0.6) is 0 Å². The van der Waals surface area contributed by atoms with Gasteiger partial charge in [0.05, 0.1) is 15.2 Å². The summed E-state index contributed by atoms with van der Waals surface area (Å²) in [6, 6.07) is 8.04. The molecule has 0 N–H and O–H groups in total. The molecule has 0 aliphatic carbocycles. The van der Waals surface area contributed by atoms with Crippen molar-refractivity contribution in [2.24, 2.45) is 4.99 Å². The van der Waals surface area contributed by atoms with E-state index in [1.54, 1.807) is 24.3 Å². The standard InChI is InChI=1S/C17H10Cl4N2OS/c1-2-3-23-15-13(21)7-12(20)8-14(15)25-17(23)22-16(24)9-4-10(18)6-11(19)5-9/h2,4-8H,1,3H2. The quantitative estimate of drug-likeness (QED) is 0.451. The first kappa shape index (κ1) is 18.5. The van der Waals surface area contributed by atoms with E-state index in [0.29, 0.717) is 37.0 Å². The second kappa shape index (κ2) is 7.52. The molecule has 0 fully saturated rings. The van der Waals surface area contributed by atoms with Crippen molar-refractivity contribution >= 4 is 73.9 Å². The molecule has 0 saturated heterocycles. The second-order valence-corrected chi connectivity index (χ2v) is 7.82. The van der Waals surface area contributed by atoms with Crippen molar-refractivity contribution in [1.29, 1.82) is 0 Å². The van der Waals surface area contributed by atoms with Gasteiger partial charge >= 0.3 is 0 Å². The third-order valence-corrected chi connectivity index (χ3v) is 5.28. The first-order chi connectivity index (χ1) is 11.9. The van der Waals surface area contributed by atoms with Gasteiger partial charge in [0.25, 0.3) is 5.91 Å². The lowest BCUT2D eigenvalue weighted by Crippen LogP contribution is -2.16. The fourth-order valence-electron chi connectivity index (χ4n) is 2.34. The maximum absolute atomic E-state index is 12.5. The maximum atomic E-state index is 12.5. The molecule has 0 spiro atoms. The molecule has 25 heavy (non-hydrogen) atoms. The van der Waals surface area contributed by atoms with Crippen LogP contribution in [0.1, 0.15) is 10.4 Å². The second-order valence-electron chi connectivity index (χ2n) is 5.09. The highest BCUT2D eigenvalue weighted by Crippen LogP contribution is 2.30. The van der Waals surface area contributed by atoms with Gasteiger partial charge in [-0.25, -0.2) is 0 Å². The van der Waals surface area contributed by atoms with Crippen molar-refractivity contribution in [3.63, 3.8) is 0 Å². The number of hydrogen-bond donors (Lipinski definition) is 0. The Kier molecular flexibility index (Phi) is 5.56. The Hall–Kier alpha value is -1.30. The van der Waals surface area contributed by atoms with Crippen LogP contribution in [0.25, 0.3) is 10.2 Å². The van der Waals surface area contributed by atoms with Gasteiger partial charge in [-0.05, 0) is 30.3 Å². The zero-order chi connectivity index (χ0) is 18.1. The number of thiazole rings is 1. The molecular weight excluding hydrogens is 422 g/mol. The first-order valence-electron chi connectivity index (χ1n) is 7.03. The molecular formula is C17H10Cl4N2OS. The van der Waals surface area contributed by atoms with Crippen LogP contribution in [-0.2, 0) is 6.54 Å². The van der Waals surface area contributed by atoms with Crippen LogP contribution in [0.2, 0.25) is 20.1 Å². The largest absolute Gasteiger partial charge is 0.311 e. The topological polar surface area (TPSA) is 34.4 Å². The average molecular weight is 432 g/mol. The minimum atomic E-state index is -0.448. The number of rotatable bonds is 3. The molecule has 0 aliphatic rings. The van der Waals surface area contributed by atoms with Gasteiger partial charge in [0.15, 0.2) is 4.80 Å². The van der Waals surface area contributed by atoms with Crippen LogP contribution in [0, 0.1) is 0 Å². The fraction of sp³-hybridized carbons (Fsp3) is 0.0588. The predicted molar refractivity (Wildman–Crippen MR) is 106 cm³/mol. The Morgan fingerprint density at radius 1 is 1.08 bits per heavy atom. The van der Waals surface area contributed by atoms with E-state index < -0.39 is 5.91 Å². The van der Waals surface area contributed by atoms with Gasteiger partial charge in [-0.2, -0.15) is 4.99 Å². The van der Waals surface area contributed by atoms with E-state index in [1.807, 2.05) is 4.57 Å². The molecule has 1 amide bonds. The minimum Gasteiger partial charge on any atom is -0.311 e. The summed E-state index contributed by atoms with van der Waals surface area (Å²) in [5.41, 5.74) is 1.07. The van der Waals surface area contributed by atoms with Crippen molar-refractivity contribution in [1.82, 2.24) is 4.57 Å². The molecule has 0 saturated carbocycles. The van der Waals surface area contributed by atoms with E-state index in [0.717, 1.165) is 10.2 Å². The Labute approximate surface area is 167 Å². The van der Waals surface area contributed by atoms with Crippen molar-refractivity contribution in [2.45, 2.75) is 6.54 Å². The monoisotopic (exact) mass is 430 g/mol. The Morgan fingerprint density at radius 2 is 1.72 bits per heavy atom. The van der Waals surface area contributed by atoms with Crippen molar-refractivity contribution in [3.8, 4) is 0 Å². The number of carbonyl (C=O) groups is 1. The number of amides is 1. The summed E-state index contributed by atoms with van der Waals surface area (Å²) >= 11 is 25.6. The van der Waals surface area contributed by atoms with E-state index in [-0.39, 0.29) is 0 Å². The zero-order valence-corrected chi connectivity index (χ0v) is 16.4. The molecule has 2 aromatic carbocycles. The molecule has 3 rings (SSSR count). The van der Waals surface area contributed by atoms with E-state index in [1.165, 1.54) is 23.5 Å². The van der Waals surface area contributed by atoms with Crippen LogP contribution in [0.15, 0.2) is 48.0 Å². The maximum Gasteiger partial charge on any atom is 0.279 e. The summed E-state index contributed by atoms with van der Waals surface area (Å²) in [7, 11) is 0. The number of hydrogen-bond acceptors (Lipinski definition) is 2. The Morgan fingerprint density at radius 3 is 2.36 bits per heavy atom. The number of carbonyl (C=O) groups excluding carboxylic acids is 1. The van der Waals surface area contributed by atoms with Crippen LogP contribution in [0.3, 0.4) is 0 Å². The summed E-state index contributed by atoms with van der Waals surface area (Å²) in [6.07, 6.45) is 1.71. The van der Waals surface area contributed by atoms with E-state index in [4.69, 9.17) is 46.4 Å². The molecule has 8 heteroatoms. The van der Waals surface area contributed by atoms with Gasteiger partial charge in [0, 0.05) is 27.2 Å². The minimum absolute atomic E-state index is 0.309. The highest BCUT2D eigenvalue weighted by Gasteiger charge is 2.13. The smallest absolute Gasteiger partial charge is 0.279 e. The third kappa shape index (κ3) is 3.94. The summed E-state index contributed by atoms with van der Waals surface area (Å²) < 4.78 is 2.64. The molecule has 1 heterocycles. The lowest BCUT2D eigenvalue weighted by atomic mass is 10.2. The zero-order valence-electron chi connectivity index (χ0n) is 12.6. The SMILES string of the molecule is C=CCn1c(=NC(=O)c2cc(Cl)cc(Cl)c2)sc2cc(Cl)cc(Cl)c21. The van der Waals surface area contributed by atoms with Crippen molar-refractivity contribution in [2.75, 3.05) is 0 Å². The molecule has 0 unspecified atom stereocenters. The van der Waals surface area contributed by atoms with Gasteiger partial charge < -0.3 is 4.57 Å². The number of aromatic nitrogens is 1. The first-order valence-corrected chi connectivity index (χ1v) is 9.36. The van der Waals surface area contributed by atoms with Crippen LogP contribution in [0.4, 0.5) is 0 Å². The normalized spacial score (nSPS) is 11.9. The third-order valence-electron chi connectivity index (χ3n) is 3.31. The van der Waals surface area contributed by atoms with E-state index in [2.05, 4.69) is 11.6 Å². The van der Waals surface area contributed by atoms with Gasteiger partial charge in [0.1, 0.15) is 0 Å². The fourth-order valence-corrected chi connectivity index (χ4v) is 4.69. The molecule has 0 aliphatic heterocycles. The van der Waals surface area contributed by atoms with Crippen LogP contribution < -0.4 is 4.80 Å². The van der Waals surface area contributed by atoms with Crippen molar-refractivity contribution < 1.29 is 4.79 Å². The van der Waals surface area contributed by atoms with Gasteiger partial charge in [-0.1, -0.05) is 63.8 Å². The number of benzene rings is 2.